The van der Waals surface area contributed by atoms with E-state index in [2.05, 4.69) is 42.7 Å². The molecule has 1 amide bonds. The number of amides is 1. The number of rotatable bonds is 5. The Morgan fingerprint density at radius 1 is 0.846 bits per heavy atom. The van der Waals surface area contributed by atoms with Crippen LogP contribution in [-0.2, 0) is 4.79 Å². The standard InChI is InChI=1S/C23H24N2O/c1-16-13-17(2)15-20(14-16)24-18(3)23(26)25-22-12-8-7-11-21(22)19-9-5-4-6-10-19/h4-15,18,24H,1-3H3,(H,25,26)/t18-/m0/s1. The number of aryl methyl sites for hydroxylation is 2. The van der Waals surface area contributed by atoms with Crippen molar-refractivity contribution in [2.24, 2.45) is 0 Å². The molecule has 0 fully saturated rings. The van der Waals surface area contributed by atoms with Crippen LogP contribution in [0.1, 0.15) is 18.1 Å². The topological polar surface area (TPSA) is 41.1 Å². The molecule has 3 heteroatoms. The summed E-state index contributed by atoms with van der Waals surface area (Å²) in [5.41, 5.74) is 6.22. The van der Waals surface area contributed by atoms with Crippen LogP contribution in [0.5, 0.6) is 0 Å². The van der Waals surface area contributed by atoms with Crippen molar-refractivity contribution in [1.82, 2.24) is 0 Å². The molecular formula is C23H24N2O. The van der Waals surface area contributed by atoms with Gasteiger partial charge in [0.1, 0.15) is 6.04 Å². The van der Waals surface area contributed by atoms with E-state index in [0.717, 1.165) is 22.5 Å². The lowest BCUT2D eigenvalue weighted by atomic mass is 10.0. The van der Waals surface area contributed by atoms with Crippen LogP contribution < -0.4 is 10.6 Å². The van der Waals surface area contributed by atoms with Gasteiger partial charge in [0.05, 0.1) is 0 Å². The van der Waals surface area contributed by atoms with Gasteiger partial charge in [-0.05, 0) is 55.7 Å². The Labute approximate surface area is 155 Å². The van der Waals surface area contributed by atoms with Crippen molar-refractivity contribution in [3.63, 3.8) is 0 Å². The maximum atomic E-state index is 12.7. The second-order valence-electron chi connectivity index (χ2n) is 6.64. The van der Waals surface area contributed by atoms with Gasteiger partial charge in [-0.3, -0.25) is 4.79 Å². The number of anilines is 2. The predicted octanol–water partition coefficient (Wildman–Crippen LogP) is 5.41. The van der Waals surface area contributed by atoms with E-state index in [1.54, 1.807) is 0 Å². The third-order valence-corrected chi connectivity index (χ3v) is 4.27. The minimum atomic E-state index is -0.347. The molecule has 3 nitrogen and oxygen atoms in total. The van der Waals surface area contributed by atoms with Crippen molar-refractivity contribution in [2.75, 3.05) is 10.6 Å². The van der Waals surface area contributed by atoms with Gasteiger partial charge >= 0.3 is 0 Å². The number of para-hydroxylation sites is 1. The van der Waals surface area contributed by atoms with E-state index < -0.39 is 0 Å². The highest BCUT2D eigenvalue weighted by atomic mass is 16.2. The van der Waals surface area contributed by atoms with E-state index in [1.165, 1.54) is 11.1 Å². The highest BCUT2D eigenvalue weighted by Crippen LogP contribution is 2.27. The first kappa shape index (κ1) is 17.7. The molecule has 0 aromatic heterocycles. The quantitative estimate of drug-likeness (QED) is 0.650. The number of hydrogen-bond acceptors (Lipinski definition) is 2. The normalized spacial score (nSPS) is 11.7. The summed E-state index contributed by atoms with van der Waals surface area (Å²) < 4.78 is 0. The van der Waals surface area contributed by atoms with Gasteiger partial charge in [-0.25, -0.2) is 0 Å². The number of benzene rings is 3. The summed E-state index contributed by atoms with van der Waals surface area (Å²) in [6.45, 7) is 5.98. The maximum absolute atomic E-state index is 12.7. The fraction of sp³-hybridized carbons (Fsp3) is 0.174. The molecule has 132 valence electrons. The van der Waals surface area contributed by atoms with Crippen LogP contribution >= 0.6 is 0 Å². The van der Waals surface area contributed by atoms with Gasteiger partial charge in [-0.15, -0.1) is 0 Å². The van der Waals surface area contributed by atoms with Crippen molar-refractivity contribution in [3.8, 4) is 11.1 Å². The van der Waals surface area contributed by atoms with Crippen LogP contribution in [0.2, 0.25) is 0 Å². The van der Waals surface area contributed by atoms with Crippen molar-refractivity contribution >= 4 is 17.3 Å². The number of carbonyl (C=O) groups is 1. The van der Waals surface area contributed by atoms with E-state index in [0.29, 0.717) is 0 Å². The van der Waals surface area contributed by atoms with Crippen LogP contribution in [-0.4, -0.2) is 11.9 Å². The highest BCUT2D eigenvalue weighted by Gasteiger charge is 2.15. The Balaban J connectivity index is 1.76. The second-order valence-corrected chi connectivity index (χ2v) is 6.64. The SMILES string of the molecule is Cc1cc(C)cc(N[C@@H](C)C(=O)Nc2ccccc2-c2ccccc2)c1. The van der Waals surface area contributed by atoms with Gasteiger partial charge in [0.15, 0.2) is 0 Å². The maximum Gasteiger partial charge on any atom is 0.246 e. The van der Waals surface area contributed by atoms with Crippen molar-refractivity contribution < 1.29 is 4.79 Å². The summed E-state index contributed by atoms with van der Waals surface area (Å²) in [5, 5.41) is 6.35. The third-order valence-electron chi connectivity index (χ3n) is 4.27. The van der Waals surface area contributed by atoms with Gasteiger partial charge in [0.25, 0.3) is 0 Å². The second kappa shape index (κ2) is 7.87. The molecule has 0 heterocycles. The van der Waals surface area contributed by atoms with Crippen LogP contribution in [0.15, 0.2) is 72.8 Å². The Hall–Kier alpha value is -3.07. The fourth-order valence-electron chi connectivity index (χ4n) is 3.08. The lowest BCUT2D eigenvalue weighted by Gasteiger charge is -2.18. The molecular weight excluding hydrogens is 320 g/mol. The highest BCUT2D eigenvalue weighted by molar-refractivity contribution is 5.99. The smallest absolute Gasteiger partial charge is 0.246 e. The zero-order valence-corrected chi connectivity index (χ0v) is 15.4. The summed E-state index contributed by atoms with van der Waals surface area (Å²) in [7, 11) is 0. The van der Waals surface area contributed by atoms with Gasteiger partial charge in [-0.2, -0.15) is 0 Å². The number of nitrogens with one attached hydrogen (secondary N) is 2. The molecule has 1 atom stereocenters. The molecule has 0 radical (unpaired) electrons. The Kier molecular flexibility index (Phi) is 5.37. The minimum absolute atomic E-state index is 0.0625. The van der Waals surface area contributed by atoms with E-state index in [4.69, 9.17) is 0 Å². The summed E-state index contributed by atoms with van der Waals surface area (Å²) in [6, 6.07) is 23.8. The molecule has 0 aliphatic rings. The van der Waals surface area contributed by atoms with Crippen molar-refractivity contribution in [1.29, 1.82) is 0 Å². The average Bonchev–Trinajstić information content (AvgIpc) is 2.62. The number of hydrogen-bond donors (Lipinski definition) is 2. The molecule has 3 aromatic carbocycles. The van der Waals surface area contributed by atoms with Crippen molar-refractivity contribution in [2.45, 2.75) is 26.8 Å². The molecule has 0 saturated heterocycles. The first-order valence-corrected chi connectivity index (χ1v) is 8.83. The molecule has 0 saturated carbocycles. The predicted molar refractivity (Wildman–Crippen MR) is 110 cm³/mol. The van der Waals surface area contributed by atoms with Crippen LogP contribution in [0.25, 0.3) is 11.1 Å². The zero-order valence-electron chi connectivity index (χ0n) is 15.4. The zero-order chi connectivity index (χ0) is 18.5. The van der Waals surface area contributed by atoms with Crippen LogP contribution in [0, 0.1) is 13.8 Å². The minimum Gasteiger partial charge on any atom is -0.374 e. The van der Waals surface area contributed by atoms with Gasteiger partial charge in [-0.1, -0.05) is 54.6 Å². The Morgan fingerprint density at radius 3 is 2.15 bits per heavy atom. The molecule has 0 unspecified atom stereocenters. The third kappa shape index (κ3) is 4.31. The van der Waals surface area contributed by atoms with Gasteiger partial charge in [0.2, 0.25) is 5.91 Å². The fourth-order valence-corrected chi connectivity index (χ4v) is 3.08. The van der Waals surface area contributed by atoms with E-state index in [9.17, 15) is 4.79 Å². The molecule has 0 bridgehead atoms. The molecule has 0 aliphatic heterocycles. The molecule has 2 N–H and O–H groups in total. The monoisotopic (exact) mass is 344 g/mol. The van der Waals surface area contributed by atoms with Crippen LogP contribution in [0.3, 0.4) is 0 Å². The molecule has 26 heavy (non-hydrogen) atoms. The van der Waals surface area contributed by atoms with E-state index in [-0.39, 0.29) is 11.9 Å². The summed E-state index contributed by atoms with van der Waals surface area (Å²) in [5.74, 6) is -0.0625. The Morgan fingerprint density at radius 2 is 1.46 bits per heavy atom. The molecule has 0 spiro atoms. The largest absolute Gasteiger partial charge is 0.374 e. The van der Waals surface area contributed by atoms with Crippen LogP contribution in [0.4, 0.5) is 11.4 Å². The molecule has 3 rings (SSSR count). The lowest BCUT2D eigenvalue weighted by molar-refractivity contribution is -0.116. The summed E-state index contributed by atoms with van der Waals surface area (Å²) in [6.07, 6.45) is 0. The van der Waals surface area contributed by atoms with Gasteiger partial charge in [0, 0.05) is 16.9 Å². The van der Waals surface area contributed by atoms with Gasteiger partial charge < -0.3 is 10.6 Å². The van der Waals surface area contributed by atoms with E-state index >= 15 is 0 Å². The molecule has 0 aliphatic carbocycles. The average molecular weight is 344 g/mol. The van der Waals surface area contributed by atoms with E-state index in [1.807, 2.05) is 61.5 Å². The lowest BCUT2D eigenvalue weighted by Crippen LogP contribution is -2.32. The first-order valence-electron chi connectivity index (χ1n) is 8.83. The summed E-state index contributed by atoms with van der Waals surface area (Å²) in [4.78, 5) is 12.7. The first-order chi connectivity index (χ1) is 12.5. The summed E-state index contributed by atoms with van der Waals surface area (Å²) >= 11 is 0. The van der Waals surface area contributed by atoms with Crippen molar-refractivity contribution in [3.05, 3.63) is 83.9 Å². The number of carbonyl (C=O) groups excluding carboxylic acids is 1. The molecule has 3 aromatic rings. The Bertz CT molecular complexity index is 883.